The van der Waals surface area contributed by atoms with Crippen molar-refractivity contribution in [1.29, 1.82) is 0 Å². The average Bonchev–Trinajstić information content (AvgIpc) is 2.60. The topological polar surface area (TPSA) is 163 Å². The van der Waals surface area contributed by atoms with E-state index < -0.39 is 42.6 Å². The molecule has 1 aliphatic rings. The fourth-order valence-corrected chi connectivity index (χ4v) is 2.33. The van der Waals surface area contributed by atoms with E-state index in [1.165, 1.54) is 31.4 Å². The van der Waals surface area contributed by atoms with Crippen LogP contribution in [-0.4, -0.2) is 75.3 Å². The summed E-state index contributed by atoms with van der Waals surface area (Å²) in [4.78, 5) is 21.7. The second kappa shape index (κ2) is 8.15. The first-order valence-corrected chi connectivity index (χ1v) is 7.42. The quantitative estimate of drug-likeness (QED) is 0.395. The molecule has 142 valence electrons. The van der Waals surface area contributed by atoms with Gasteiger partial charge >= 0.3 is 11.9 Å². The van der Waals surface area contributed by atoms with Gasteiger partial charge in [0.15, 0.2) is 17.6 Å². The fraction of sp³-hybridized carbons (Fsp3) is 0.375. The Labute approximate surface area is 147 Å². The third kappa shape index (κ3) is 4.29. The summed E-state index contributed by atoms with van der Waals surface area (Å²) < 4.78 is 15.5. The number of hydrogen-bond donors (Lipinski definition) is 5. The fourth-order valence-electron chi connectivity index (χ4n) is 2.33. The molecule has 0 amide bonds. The van der Waals surface area contributed by atoms with Crippen LogP contribution in [0.5, 0.6) is 11.5 Å². The van der Waals surface area contributed by atoms with Gasteiger partial charge in [0, 0.05) is 6.08 Å². The highest BCUT2D eigenvalue weighted by atomic mass is 16.7. The molecule has 0 bridgehead atoms. The van der Waals surface area contributed by atoms with E-state index in [4.69, 9.17) is 24.4 Å². The number of methoxy groups -OCH3 is 1. The molecule has 0 radical (unpaired) electrons. The molecule has 10 nitrogen and oxygen atoms in total. The van der Waals surface area contributed by atoms with Crippen LogP contribution in [-0.2, 0) is 14.3 Å². The van der Waals surface area contributed by atoms with E-state index >= 15 is 0 Å². The number of carbonyl (C=O) groups is 2. The number of benzene rings is 1. The normalized spacial score (nSPS) is 28.7. The van der Waals surface area contributed by atoms with E-state index in [1.807, 2.05) is 0 Å². The first kappa shape index (κ1) is 19.7. The van der Waals surface area contributed by atoms with Crippen LogP contribution in [0.25, 0.3) is 6.08 Å². The SMILES string of the molecule is COc1cc(/C=C/C(=O)O)ccc1OC1O[C@H](C(=O)O)[C@@H](O)[C@H](O)[C@H]1O. The predicted octanol–water partition coefficient (Wildman–Crippen LogP) is -0.936. The minimum Gasteiger partial charge on any atom is -0.493 e. The maximum absolute atomic E-state index is 11.1. The van der Waals surface area contributed by atoms with Gasteiger partial charge in [0.2, 0.25) is 6.29 Å². The van der Waals surface area contributed by atoms with Crippen LogP contribution in [0.4, 0.5) is 0 Å². The molecule has 0 spiro atoms. The first-order valence-electron chi connectivity index (χ1n) is 7.42. The Morgan fingerprint density at radius 3 is 2.35 bits per heavy atom. The van der Waals surface area contributed by atoms with Crippen LogP contribution in [0.3, 0.4) is 0 Å². The van der Waals surface area contributed by atoms with E-state index in [9.17, 15) is 24.9 Å². The number of ether oxygens (including phenoxy) is 3. The Balaban J connectivity index is 2.23. The van der Waals surface area contributed by atoms with Crippen molar-refractivity contribution in [2.45, 2.75) is 30.7 Å². The largest absolute Gasteiger partial charge is 0.493 e. The molecule has 1 aliphatic heterocycles. The third-order valence-electron chi connectivity index (χ3n) is 3.66. The minimum absolute atomic E-state index is 0.0525. The van der Waals surface area contributed by atoms with E-state index in [1.54, 1.807) is 0 Å². The van der Waals surface area contributed by atoms with Gasteiger partial charge in [-0.2, -0.15) is 0 Å². The van der Waals surface area contributed by atoms with Crippen molar-refractivity contribution in [2.75, 3.05) is 7.11 Å². The van der Waals surface area contributed by atoms with Crippen molar-refractivity contribution in [3.63, 3.8) is 0 Å². The summed E-state index contributed by atoms with van der Waals surface area (Å²) in [5.41, 5.74) is 0.487. The molecule has 26 heavy (non-hydrogen) atoms. The second-order valence-corrected chi connectivity index (χ2v) is 5.43. The molecule has 5 atom stereocenters. The summed E-state index contributed by atoms with van der Waals surface area (Å²) in [6.07, 6.45) is -6.45. The summed E-state index contributed by atoms with van der Waals surface area (Å²) >= 11 is 0. The van der Waals surface area contributed by atoms with E-state index in [-0.39, 0.29) is 11.5 Å². The summed E-state index contributed by atoms with van der Waals surface area (Å²) in [5.74, 6) is -2.45. The zero-order valence-electron chi connectivity index (χ0n) is 13.6. The molecular formula is C16H18O10. The van der Waals surface area contributed by atoms with Crippen molar-refractivity contribution in [3.8, 4) is 11.5 Å². The maximum atomic E-state index is 11.1. The van der Waals surface area contributed by atoms with Gasteiger partial charge in [-0.3, -0.25) is 0 Å². The molecule has 1 heterocycles. The lowest BCUT2D eigenvalue weighted by atomic mass is 9.99. The molecule has 1 saturated heterocycles. The molecule has 1 unspecified atom stereocenters. The molecule has 0 aliphatic carbocycles. The molecule has 1 aromatic carbocycles. The lowest BCUT2D eigenvalue weighted by molar-refractivity contribution is -0.271. The number of aliphatic carboxylic acids is 2. The van der Waals surface area contributed by atoms with Crippen LogP contribution in [0.1, 0.15) is 5.56 Å². The average molecular weight is 370 g/mol. The van der Waals surface area contributed by atoms with Gasteiger partial charge < -0.3 is 39.7 Å². The van der Waals surface area contributed by atoms with Crippen LogP contribution >= 0.6 is 0 Å². The summed E-state index contributed by atoms with van der Waals surface area (Å²) in [6.45, 7) is 0. The van der Waals surface area contributed by atoms with Crippen molar-refractivity contribution < 1.29 is 49.3 Å². The highest BCUT2D eigenvalue weighted by Crippen LogP contribution is 2.32. The van der Waals surface area contributed by atoms with Crippen LogP contribution in [0.15, 0.2) is 24.3 Å². The van der Waals surface area contributed by atoms with Gasteiger partial charge in [0.25, 0.3) is 0 Å². The smallest absolute Gasteiger partial charge is 0.335 e. The Kier molecular flexibility index (Phi) is 6.16. The Morgan fingerprint density at radius 2 is 1.77 bits per heavy atom. The first-order chi connectivity index (χ1) is 12.2. The van der Waals surface area contributed by atoms with Crippen molar-refractivity contribution in [1.82, 2.24) is 0 Å². The van der Waals surface area contributed by atoms with Gasteiger partial charge in [-0.05, 0) is 23.8 Å². The second-order valence-electron chi connectivity index (χ2n) is 5.43. The Bertz CT molecular complexity index is 700. The van der Waals surface area contributed by atoms with Gasteiger partial charge in [0.1, 0.15) is 18.3 Å². The monoisotopic (exact) mass is 370 g/mol. The van der Waals surface area contributed by atoms with Gasteiger partial charge in [-0.1, -0.05) is 6.07 Å². The van der Waals surface area contributed by atoms with E-state index in [2.05, 4.69) is 0 Å². The lowest BCUT2D eigenvalue weighted by Crippen LogP contribution is -2.61. The van der Waals surface area contributed by atoms with E-state index in [0.717, 1.165) is 6.08 Å². The van der Waals surface area contributed by atoms with Gasteiger partial charge in [0.05, 0.1) is 7.11 Å². The Morgan fingerprint density at radius 1 is 1.08 bits per heavy atom. The maximum Gasteiger partial charge on any atom is 0.335 e. The molecule has 0 saturated carbocycles. The van der Waals surface area contributed by atoms with Crippen LogP contribution in [0.2, 0.25) is 0 Å². The zero-order chi connectivity index (χ0) is 19.4. The molecule has 1 aromatic rings. The van der Waals surface area contributed by atoms with E-state index in [0.29, 0.717) is 5.56 Å². The molecule has 0 aromatic heterocycles. The highest BCUT2D eigenvalue weighted by Gasteiger charge is 2.48. The van der Waals surface area contributed by atoms with Crippen molar-refractivity contribution in [2.24, 2.45) is 0 Å². The molecule has 5 N–H and O–H groups in total. The van der Waals surface area contributed by atoms with Crippen LogP contribution < -0.4 is 9.47 Å². The minimum atomic E-state index is -1.83. The number of carboxylic acids is 2. The lowest BCUT2D eigenvalue weighted by Gasteiger charge is -2.38. The van der Waals surface area contributed by atoms with Crippen molar-refractivity contribution >= 4 is 18.0 Å². The molecular weight excluding hydrogens is 352 g/mol. The number of hydrogen-bond acceptors (Lipinski definition) is 8. The number of aliphatic hydroxyl groups excluding tert-OH is 3. The summed E-state index contributed by atoms with van der Waals surface area (Å²) in [7, 11) is 1.32. The standard InChI is InChI=1S/C16H18O10/c1-24-9-6-7(3-5-10(17)18)2-4-8(9)25-16-13(21)11(19)12(20)14(26-16)15(22)23/h2-6,11-14,16,19-21H,1H3,(H,17,18)(H,22,23)/b5-3+/t11-,12-,13+,14-,16?/m0/s1. The van der Waals surface area contributed by atoms with Crippen molar-refractivity contribution in [3.05, 3.63) is 29.8 Å². The third-order valence-corrected chi connectivity index (χ3v) is 3.66. The number of aliphatic hydroxyl groups is 3. The number of carboxylic acid groups (broad SMARTS) is 2. The Hall–Kier alpha value is -2.66. The molecule has 2 rings (SSSR count). The summed E-state index contributed by atoms with van der Waals surface area (Å²) in [6, 6.07) is 4.33. The number of rotatable bonds is 6. The van der Waals surface area contributed by atoms with Gasteiger partial charge in [-0.15, -0.1) is 0 Å². The van der Waals surface area contributed by atoms with Crippen LogP contribution in [0, 0.1) is 0 Å². The zero-order valence-corrected chi connectivity index (χ0v) is 13.6. The predicted molar refractivity (Wildman–Crippen MR) is 84.6 cm³/mol. The van der Waals surface area contributed by atoms with Gasteiger partial charge in [-0.25, -0.2) is 9.59 Å². The molecule has 1 fully saturated rings. The summed E-state index contributed by atoms with van der Waals surface area (Å²) in [5, 5.41) is 47.1. The molecule has 10 heteroatoms. The highest BCUT2D eigenvalue weighted by molar-refractivity contribution is 5.85.